The average molecular weight is 326 g/mol. The van der Waals surface area contributed by atoms with Gasteiger partial charge in [0, 0.05) is 5.92 Å². The highest BCUT2D eigenvalue weighted by Crippen LogP contribution is 2.41. The van der Waals surface area contributed by atoms with Gasteiger partial charge < -0.3 is 10.2 Å². The van der Waals surface area contributed by atoms with Crippen LogP contribution in [0, 0.1) is 0 Å². The first-order chi connectivity index (χ1) is 10.1. The van der Waals surface area contributed by atoms with E-state index in [0.717, 1.165) is 18.5 Å². The van der Waals surface area contributed by atoms with E-state index in [-0.39, 0.29) is 17.1 Å². The van der Waals surface area contributed by atoms with Crippen molar-refractivity contribution in [1.29, 1.82) is 0 Å². The molecule has 4 nitrogen and oxygen atoms in total. The normalized spacial score (nSPS) is 26.9. The predicted octanol–water partition coefficient (Wildman–Crippen LogP) is 4.05. The summed E-state index contributed by atoms with van der Waals surface area (Å²) in [7, 11) is -1.93. The van der Waals surface area contributed by atoms with Crippen LogP contribution in [0.1, 0.15) is 51.6 Å². The van der Waals surface area contributed by atoms with Crippen molar-refractivity contribution < 1.29 is 8.82 Å². The Morgan fingerprint density at radius 1 is 1.23 bits per heavy atom. The smallest absolute Gasteiger partial charge is 0.192 e. The van der Waals surface area contributed by atoms with E-state index < -0.39 is 14.5 Å². The van der Waals surface area contributed by atoms with Crippen molar-refractivity contribution in [3.63, 3.8) is 0 Å². The zero-order valence-corrected chi connectivity index (χ0v) is 15.3. The molecule has 22 heavy (non-hydrogen) atoms. The molecule has 1 aromatic rings. The lowest BCUT2D eigenvalue weighted by Crippen LogP contribution is -2.47. The summed E-state index contributed by atoms with van der Waals surface area (Å²) in [6, 6.07) is 0. The molecule has 0 aromatic carbocycles. The number of alkyl halides is 1. The maximum Gasteiger partial charge on any atom is 0.192 e. The standard InChI is InChI=1S/C16H28FN3OSi/c1-16(2,3)22(4,5)21-14-7-6-11(8-12(14)17)13-9-20-15(18)10-19-13/h9-12,14H,6-8H2,1-5H3,(H2,18,20)/t11-,12-,14-/m0/s1. The van der Waals surface area contributed by atoms with Crippen LogP contribution in [0.5, 0.6) is 0 Å². The summed E-state index contributed by atoms with van der Waals surface area (Å²) in [5.74, 6) is 0.512. The van der Waals surface area contributed by atoms with Crippen molar-refractivity contribution >= 4 is 14.1 Å². The summed E-state index contributed by atoms with van der Waals surface area (Å²) in [4.78, 5) is 8.35. The zero-order valence-electron chi connectivity index (χ0n) is 14.3. The topological polar surface area (TPSA) is 61.0 Å². The first-order valence-electron chi connectivity index (χ1n) is 7.99. The maximum absolute atomic E-state index is 14.6. The summed E-state index contributed by atoms with van der Waals surface area (Å²) in [6.45, 7) is 10.9. The van der Waals surface area contributed by atoms with E-state index in [9.17, 15) is 4.39 Å². The van der Waals surface area contributed by atoms with Crippen LogP contribution in [0.25, 0.3) is 0 Å². The number of rotatable bonds is 3. The van der Waals surface area contributed by atoms with Gasteiger partial charge in [-0.15, -0.1) is 0 Å². The van der Waals surface area contributed by atoms with Crippen LogP contribution in [0.3, 0.4) is 0 Å². The highest BCUT2D eigenvalue weighted by molar-refractivity contribution is 6.74. The van der Waals surface area contributed by atoms with Crippen LogP contribution in [0.2, 0.25) is 18.1 Å². The number of nitrogens with zero attached hydrogens (tertiary/aromatic N) is 2. The molecular formula is C16H28FN3OSi. The molecule has 1 heterocycles. The van der Waals surface area contributed by atoms with Gasteiger partial charge in [-0.1, -0.05) is 20.8 Å². The Bertz CT molecular complexity index is 501. The minimum Gasteiger partial charge on any atom is -0.411 e. The van der Waals surface area contributed by atoms with E-state index in [2.05, 4.69) is 43.8 Å². The number of hydrogen-bond acceptors (Lipinski definition) is 4. The molecule has 0 radical (unpaired) electrons. The summed E-state index contributed by atoms with van der Waals surface area (Å²) in [5, 5.41) is 0.103. The van der Waals surface area contributed by atoms with Gasteiger partial charge in [-0.2, -0.15) is 0 Å². The first-order valence-corrected chi connectivity index (χ1v) is 10.9. The molecule has 1 saturated carbocycles. The van der Waals surface area contributed by atoms with Gasteiger partial charge in [0.15, 0.2) is 8.32 Å². The van der Waals surface area contributed by atoms with Crippen molar-refractivity contribution in [3.8, 4) is 0 Å². The third kappa shape index (κ3) is 3.84. The molecule has 1 aliphatic rings. The Morgan fingerprint density at radius 2 is 1.91 bits per heavy atom. The summed E-state index contributed by atoms with van der Waals surface area (Å²) in [6.07, 6.45) is 4.08. The number of anilines is 1. The third-order valence-electron chi connectivity index (χ3n) is 5.07. The van der Waals surface area contributed by atoms with Gasteiger partial charge in [-0.3, -0.25) is 4.98 Å². The van der Waals surface area contributed by atoms with E-state index in [0.29, 0.717) is 12.2 Å². The number of nitrogen functional groups attached to an aromatic ring is 1. The lowest BCUT2D eigenvalue weighted by Gasteiger charge is -2.42. The minimum absolute atomic E-state index is 0.103. The van der Waals surface area contributed by atoms with E-state index in [1.54, 1.807) is 12.4 Å². The van der Waals surface area contributed by atoms with Crippen molar-refractivity contribution in [3.05, 3.63) is 18.1 Å². The quantitative estimate of drug-likeness (QED) is 0.852. The Balaban J connectivity index is 2.00. The lowest BCUT2D eigenvalue weighted by atomic mass is 9.84. The van der Waals surface area contributed by atoms with Crippen molar-refractivity contribution in [2.45, 2.75) is 76.4 Å². The van der Waals surface area contributed by atoms with E-state index >= 15 is 0 Å². The van der Waals surface area contributed by atoms with Crippen LogP contribution in [-0.4, -0.2) is 30.6 Å². The van der Waals surface area contributed by atoms with Crippen LogP contribution in [0.4, 0.5) is 10.2 Å². The lowest BCUT2D eigenvalue weighted by molar-refractivity contribution is 0.0448. The number of aromatic nitrogens is 2. The molecule has 1 aromatic heterocycles. The molecule has 1 aliphatic carbocycles. The van der Waals surface area contributed by atoms with Crippen molar-refractivity contribution in [2.24, 2.45) is 0 Å². The average Bonchev–Trinajstić information content (AvgIpc) is 2.40. The van der Waals surface area contributed by atoms with Gasteiger partial charge in [-0.25, -0.2) is 9.37 Å². The molecular weight excluding hydrogens is 297 g/mol. The predicted molar refractivity (Wildman–Crippen MR) is 90.0 cm³/mol. The van der Waals surface area contributed by atoms with Gasteiger partial charge in [0.25, 0.3) is 0 Å². The molecule has 0 bridgehead atoms. The van der Waals surface area contributed by atoms with Gasteiger partial charge >= 0.3 is 0 Å². The Kier molecular flexibility index (Phi) is 4.92. The number of nitrogens with two attached hydrogens (primary N) is 1. The molecule has 0 saturated heterocycles. The molecule has 0 unspecified atom stereocenters. The second-order valence-corrected chi connectivity index (χ2v) is 12.6. The van der Waals surface area contributed by atoms with E-state index in [1.165, 1.54) is 0 Å². The fourth-order valence-electron chi connectivity index (χ4n) is 2.60. The molecule has 2 rings (SSSR count). The van der Waals surface area contributed by atoms with Gasteiger partial charge in [0.1, 0.15) is 12.0 Å². The molecule has 0 amide bonds. The largest absolute Gasteiger partial charge is 0.411 e. The molecule has 2 N–H and O–H groups in total. The number of halogens is 1. The Hall–Kier alpha value is -1.01. The van der Waals surface area contributed by atoms with Crippen molar-refractivity contribution in [1.82, 2.24) is 9.97 Å². The highest BCUT2D eigenvalue weighted by atomic mass is 28.4. The van der Waals surface area contributed by atoms with E-state index in [1.807, 2.05) is 0 Å². The summed E-state index contributed by atoms with van der Waals surface area (Å²) >= 11 is 0. The fourth-order valence-corrected chi connectivity index (χ4v) is 3.98. The molecule has 0 spiro atoms. The highest BCUT2D eigenvalue weighted by Gasteiger charge is 2.42. The SMILES string of the molecule is CC(C)(C)[Si](C)(C)O[C@H]1CC[C@H](c2cnc(N)cn2)C[C@@H]1F. The maximum atomic E-state index is 14.6. The second-order valence-electron chi connectivity index (χ2n) is 7.81. The van der Waals surface area contributed by atoms with Crippen LogP contribution < -0.4 is 5.73 Å². The molecule has 6 heteroatoms. The van der Waals surface area contributed by atoms with Crippen LogP contribution in [0.15, 0.2) is 12.4 Å². The molecule has 3 atom stereocenters. The van der Waals surface area contributed by atoms with Gasteiger partial charge in [0.05, 0.1) is 24.2 Å². The monoisotopic (exact) mass is 325 g/mol. The third-order valence-corrected chi connectivity index (χ3v) is 9.58. The Labute approximate surface area is 133 Å². The van der Waals surface area contributed by atoms with E-state index in [4.69, 9.17) is 10.2 Å². The summed E-state index contributed by atoms with van der Waals surface area (Å²) in [5.41, 5.74) is 6.39. The first kappa shape index (κ1) is 17.3. The molecule has 1 fully saturated rings. The second kappa shape index (κ2) is 6.24. The Morgan fingerprint density at radius 3 is 2.41 bits per heavy atom. The molecule has 0 aliphatic heterocycles. The zero-order chi connectivity index (χ0) is 16.5. The van der Waals surface area contributed by atoms with Gasteiger partial charge in [-0.05, 0) is 37.4 Å². The fraction of sp³-hybridized carbons (Fsp3) is 0.750. The number of hydrogen-bond donors (Lipinski definition) is 1. The van der Waals surface area contributed by atoms with Crippen LogP contribution >= 0.6 is 0 Å². The minimum atomic E-state index is -1.93. The summed E-state index contributed by atoms with van der Waals surface area (Å²) < 4.78 is 20.9. The van der Waals surface area contributed by atoms with Crippen LogP contribution in [-0.2, 0) is 4.43 Å². The molecule has 124 valence electrons. The van der Waals surface area contributed by atoms with Gasteiger partial charge in [0.2, 0.25) is 0 Å². The van der Waals surface area contributed by atoms with Crippen molar-refractivity contribution in [2.75, 3.05) is 5.73 Å².